The van der Waals surface area contributed by atoms with E-state index in [1.54, 1.807) is 14.2 Å². The lowest BCUT2D eigenvalue weighted by Gasteiger charge is -2.26. The fourth-order valence-electron chi connectivity index (χ4n) is 3.22. The molecule has 7 heteroatoms. The first kappa shape index (κ1) is 17.2. The van der Waals surface area contributed by atoms with E-state index in [1.165, 1.54) is 12.4 Å². The summed E-state index contributed by atoms with van der Waals surface area (Å²) >= 11 is 0. The van der Waals surface area contributed by atoms with Crippen LogP contribution in [0.4, 0.5) is 0 Å². The molecule has 1 aromatic heterocycles. The number of aromatic nitrogens is 2. The molecule has 25 heavy (non-hydrogen) atoms. The monoisotopic (exact) mass is 343 g/mol. The SMILES string of the molecule is COc1ccc(C2CCCN2Cc2cnc(C(=O)O)cn2)c(OC)c1. The van der Waals surface area contributed by atoms with Crippen LogP contribution in [0.1, 0.15) is 40.6 Å². The number of aromatic carboxylic acids is 1. The van der Waals surface area contributed by atoms with Crippen molar-refractivity contribution in [2.24, 2.45) is 0 Å². The van der Waals surface area contributed by atoms with E-state index in [0.717, 1.165) is 42.1 Å². The van der Waals surface area contributed by atoms with E-state index in [-0.39, 0.29) is 11.7 Å². The molecule has 0 spiro atoms. The zero-order chi connectivity index (χ0) is 17.8. The van der Waals surface area contributed by atoms with E-state index in [4.69, 9.17) is 14.6 Å². The van der Waals surface area contributed by atoms with E-state index in [1.807, 2.05) is 18.2 Å². The summed E-state index contributed by atoms with van der Waals surface area (Å²) in [6, 6.07) is 6.10. The summed E-state index contributed by atoms with van der Waals surface area (Å²) in [4.78, 5) is 21.4. The second kappa shape index (κ2) is 7.48. The number of methoxy groups -OCH3 is 2. The first-order valence-electron chi connectivity index (χ1n) is 8.12. The van der Waals surface area contributed by atoms with Crippen LogP contribution in [-0.2, 0) is 6.54 Å². The number of carboxylic acids is 1. The Labute approximate surface area is 146 Å². The molecule has 1 aliphatic heterocycles. The van der Waals surface area contributed by atoms with Crippen LogP contribution in [-0.4, -0.2) is 46.7 Å². The second-order valence-corrected chi connectivity index (χ2v) is 5.93. The van der Waals surface area contributed by atoms with E-state index >= 15 is 0 Å². The minimum atomic E-state index is -1.07. The first-order chi connectivity index (χ1) is 12.1. The Bertz CT molecular complexity index is 748. The van der Waals surface area contributed by atoms with Crippen LogP contribution in [0.25, 0.3) is 0 Å². The van der Waals surface area contributed by atoms with E-state index < -0.39 is 5.97 Å². The molecule has 1 aliphatic rings. The zero-order valence-electron chi connectivity index (χ0n) is 14.3. The number of nitrogens with zero attached hydrogens (tertiary/aromatic N) is 3. The molecule has 0 radical (unpaired) electrons. The fraction of sp³-hybridized carbons (Fsp3) is 0.389. The zero-order valence-corrected chi connectivity index (χ0v) is 14.3. The Kier molecular flexibility index (Phi) is 5.14. The lowest BCUT2D eigenvalue weighted by atomic mass is 10.0. The maximum atomic E-state index is 10.9. The van der Waals surface area contributed by atoms with Crippen molar-refractivity contribution in [1.82, 2.24) is 14.9 Å². The average Bonchev–Trinajstić information content (AvgIpc) is 3.09. The van der Waals surface area contributed by atoms with Gasteiger partial charge < -0.3 is 14.6 Å². The van der Waals surface area contributed by atoms with Crippen molar-refractivity contribution >= 4 is 5.97 Å². The summed E-state index contributed by atoms with van der Waals surface area (Å²) in [6.07, 6.45) is 4.95. The minimum absolute atomic E-state index is 0.0430. The van der Waals surface area contributed by atoms with Crippen molar-refractivity contribution < 1.29 is 19.4 Å². The van der Waals surface area contributed by atoms with Crippen molar-refractivity contribution in [2.75, 3.05) is 20.8 Å². The van der Waals surface area contributed by atoms with Crippen molar-refractivity contribution in [2.45, 2.75) is 25.4 Å². The highest BCUT2D eigenvalue weighted by atomic mass is 16.5. The average molecular weight is 343 g/mol. The van der Waals surface area contributed by atoms with Crippen LogP contribution in [0.2, 0.25) is 0 Å². The molecule has 1 atom stereocenters. The van der Waals surface area contributed by atoms with Gasteiger partial charge in [-0.15, -0.1) is 0 Å². The summed E-state index contributed by atoms with van der Waals surface area (Å²) in [6.45, 7) is 1.56. The topological polar surface area (TPSA) is 84.8 Å². The molecular formula is C18H21N3O4. The number of likely N-dealkylation sites (tertiary alicyclic amines) is 1. The predicted octanol–water partition coefficient (Wildman–Crippen LogP) is 2.53. The molecule has 1 N–H and O–H groups in total. The lowest BCUT2D eigenvalue weighted by Crippen LogP contribution is -2.24. The van der Waals surface area contributed by atoms with Gasteiger partial charge in [0.05, 0.1) is 32.3 Å². The normalized spacial score (nSPS) is 17.4. The van der Waals surface area contributed by atoms with Crippen molar-refractivity contribution in [3.8, 4) is 11.5 Å². The molecule has 132 valence electrons. The summed E-state index contributed by atoms with van der Waals surface area (Å²) in [5.74, 6) is 0.505. The third-order valence-electron chi connectivity index (χ3n) is 4.45. The van der Waals surface area contributed by atoms with Gasteiger partial charge in [-0.3, -0.25) is 9.88 Å². The number of rotatable bonds is 6. The van der Waals surface area contributed by atoms with Crippen molar-refractivity contribution in [3.05, 3.63) is 47.5 Å². The van der Waals surface area contributed by atoms with Gasteiger partial charge >= 0.3 is 5.97 Å². The minimum Gasteiger partial charge on any atom is -0.497 e. The molecular weight excluding hydrogens is 322 g/mol. The molecule has 1 saturated heterocycles. The molecule has 0 amide bonds. The number of hydrogen-bond donors (Lipinski definition) is 1. The summed E-state index contributed by atoms with van der Waals surface area (Å²) < 4.78 is 10.8. The Morgan fingerprint density at radius 2 is 2.12 bits per heavy atom. The van der Waals surface area contributed by atoms with Gasteiger partial charge in [0, 0.05) is 24.2 Å². The first-order valence-corrected chi connectivity index (χ1v) is 8.12. The molecule has 1 aromatic carbocycles. The molecule has 0 bridgehead atoms. The Morgan fingerprint density at radius 1 is 1.28 bits per heavy atom. The Hall–Kier alpha value is -2.67. The third kappa shape index (κ3) is 3.71. The number of carbonyl (C=O) groups is 1. The molecule has 0 aliphatic carbocycles. The molecule has 2 heterocycles. The number of hydrogen-bond acceptors (Lipinski definition) is 6. The maximum absolute atomic E-state index is 10.9. The van der Waals surface area contributed by atoms with Gasteiger partial charge in [-0.05, 0) is 25.5 Å². The van der Waals surface area contributed by atoms with Gasteiger partial charge in [0.2, 0.25) is 0 Å². The van der Waals surface area contributed by atoms with Crippen LogP contribution in [0.5, 0.6) is 11.5 Å². The van der Waals surface area contributed by atoms with Crippen LogP contribution in [0, 0.1) is 0 Å². The predicted molar refractivity (Wildman–Crippen MR) is 90.9 cm³/mol. The van der Waals surface area contributed by atoms with Gasteiger partial charge in [-0.2, -0.15) is 0 Å². The molecule has 1 unspecified atom stereocenters. The molecule has 1 fully saturated rings. The van der Waals surface area contributed by atoms with Crippen molar-refractivity contribution in [3.63, 3.8) is 0 Å². The summed E-state index contributed by atoms with van der Waals surface area (Å²) in [5.41, 5.74) is 1.83. The van der Waals surface area contributed by atoms with Crippen LogP contribution in [0.3, 0.4) is 0 Å². The van der Waals surface area contributed by atoms with Gasteiger partial charge in [0.15, 0.2) is 5.69 Å². The smallest absolute Gasteiger partial charge is 0.356 e. The van der Waals surface area contributed by atoms with Gasteiger partial charge in [0.25, 0.3) is 0 Å². The van der Waals surface area contributed by atoms with Gasteiger partial charge in [0.1, 0.15) is 11.5 Å². The van der Waals surface area contributed by atoms with E-state index in [9.17, 15) is 4.79 Å². The van der Waals surface area contributed by atoms with Crippen LogP contribution >= 0.6 is 0 Å². The van der Waals surface area contributed by atoms with Crippen molar-refractivity contribution in [1.29, 1.82) is 0 Å². The largest absolute Gasteiger partial charge is 0.497 e. The van der Waals surface area contributed by atoms with E-state index in [0.29, 0.717) is 6.54 Å². The highest BCUT2D eigenvalue weighted by Crippen LogP contribution is 2.39. The number of benzene rings is 1. The van der Waals surface area contributed by atoms with Gasteiger partial charge in [-0.1, -0.05) is 6.07 Å². The Balaban J connectivity index is 1.79. The second-order valence-electron chi connectivity index (χ2n) is 5.93. The fourth-order valence-corrected chi connectivity index (χ4v) is 3.22. The van der Waals surface area contributed by atoms with Gasteiger partial charge in [-0.25, -0.2) is 9.78 Å². The highest BCUT2D eigenvalue weighted by molar-refractivity contribution is 5.84. The maximum Gasteiger partial charge on any atom is 0.356 e. The molecule has 3 rings (SSSR count). The molecule has 7 nitrogen and oxygen atoms in total. The number of ether oxygens (including phenoxy) is 2. The lowest BCUT2D eigenvalue weighted by molar-refractivity contribution is 0.0690. The molecule has 0 saturated carbocycles. The summed E-state index contributed by atoms with van der Waals surface area (Å²) in [5, 5.41) is 8.91. The quantitative estimate of drug-likeness (QED) is 0.862. The molecule has 2 aromatic rings. The van der Waals surface area contributed by atoms with Crippen LogP contribution in [0.15, 0.2) is 30.6 Å². The van der Waals surface area contributed by atoms with Crippen LogP contribution < -0.4 is 9.47 Å². The summed E-state index contributed by atoms with van der Waals surface area (Å²) in [7, 11) is 3.30. The highest BCUT2D eigenvalue weighted by Gasteiger charge is 2.29. The van der Waals surface area contributed by atoms with E-state index in [2.05, 4.69) is 14.9 Å². The number of carboxylic acid groups (broad SMARTS) is 1. The standard InChI is InChI=1S/C18H21N3O4/c1-24-13-5-6-14(17(8-13)25-2)16-4-3-7-21(16)11-12-9-20-15(10-19-12)18(22)23/h5-6,8-10,16H,3-4,7,11H2,1-2H3,(H,22,23). The third-order valence-corrected chi connectivity index (χ3v) is 4.45. The Morgan fingerprint density at radius 3 is 2.76 bits per heavy atom.